The van der Waals surface area contributed by atoms with Gasteiger partial charge in [-0.15, -0.1) is 10.2 Å². The van der Waals surface area contributed by atoms with E-state index < -0.39 is 0 Å². The minimum absolute atomic E-state index is 0.211. The van der Waals surface area contributed by atoms with Gasteiger partial charge >= 0.3 is 0 Å². The SMILES string of the molecule is Cc1ccc(-c2nnc(COc3cccc(N)c3)o2)cc1. The van der Waals surface area contributed by atoms with Gasteiger partial charge in [-0.25, -0.2) is 0 Å². The third kappa shape index (κ3) is 3.20. The maximum Gasteiger partial charge on any atom is 0.254 e. The second-order valence-electron chi connectivity index (χ2n) is 4.73. The Morgan fingerprint density at radius 2 is 1.90 bits per heavy atom. The smallest absolute Gasteiger partial charge is 0.254 e. The maximum atomic E-state index is 5.69. The van der Waals surface area contributed by atoms with Crippen molar-refractivity contribution in [3.8, 4) is 17.2 Å². The lowest BCUT2D eigenvalue weighted by Gasteiger charge is -2.03. The highest BCUT2D eigenvalue weighted by molar-refractivity contribution is 5.52. The Morgan fingerprint density at radius 1 is 1.10 bits per heavy atom. The molecule has 2 aromatic carbocycles. The van der Waals surface area contributed by atoms with Gasteiger partial charge in [0.15, 0.2) is 6.61 Å². The number of nitrogens with two attached hydrogens (primary N) is 1. The average molecular weight is 281 g/mol. The highest BCUT2D eigenvalue weighted by Gasteiger charge is 2.09. The maximum absolute atomic E-state index is 5.69. The van der Waals surface area contributed by atoms with E-state index in [4.69, 9.17) is 14.9 Å². The predicted molar refractivity (Wildman–Crippen MR) is 79.7 cm³/mol. The minimum Gasteiger partial charge on any atom is -0.484 e. The van der Waals surface area contributed by atoms with E-state index in [9.17, 15) is 0 Å². The summed E-state index contributed by atoms with van der Waals surface area (Å²) in [7, 11) is 0. The molecular weight excluding hydrogens is 266 g/mol. The molecule has 3 aromatic rings. The molecule has 5 nitrogen and oxygen atoms in total. The first kappa shape index (κ1) is 13.2. The number of rotatable bonds is 4. The van der Waals surface area contributed by atoms with Gasteiger partial charge in [-0.1, -0.05) is 23.8 Å². The largest absolute Gasteiger partial charge is 0.484 e. The van der Waals surface area contributed by atoms with Gasteiger partial charge in [-0.05, 0) is 31.2 Å². The van der Waals surface area contributed by atoms with Crippen LogP contribution in [0.4, 0.5) is 5.69 Å². The molecule has 0 aliphatic rings. The van der Waals surface area contributed by atoms with E-state index in [-0.39, 0.29) is 6.61 Å². The molecule has 5 heteroatoms. The third-order valence-corrected chi connectivity index (χ3v) is 2.99. The summed E-state index contributed by atoms with van der Waals surface area (Å²) in [6.45, 7) is 2.24. The number of anilines is 1. The fourth-order valence-corrected chi connectivity index (χ4v) is 1.87. The van der Waals surface area contributed by atoms with Crippen LogP contribution in [-0.4, -0.2) is 10.2 Å². The van der Waals surface area contributed by atoms with Crippen molar-refractivity contribution in [2.24, 2.45) is 0 Å². The summed E-state index contributed by atoms with van der Waals surface area (Å²) in [6.07, 6.45) is 0. The van der Waals surface area contributed by atoms with E-state index in [0.29, 0.717) is 23.2 Å². The van der Waals surface area contributed by atoms with Crippen molar-refractivity contribution in [2.75, 3.05) is 5.73 Å². The fraction of sp³-hybridized carbons (Fsp3) is 0.125. The van der Waals surface area contributed by atoms with Crippen LogP contribution in [0.1, 0.15) is 11.5 Å². The van der Waals surface area contributed by atoms with Crippen LogP contribution in [0.25, 0.3) is 11.5 Å². The lowest BCUT2D eigenvalue weighted by Crippen LogP contribution is -1.96. The number of aryl methyl sites for hydroxylation is 1. The Hall–Kier alpha value is -2.82. The molecule has 3 rings (SSSR count). The second-order valence-corrected chi connectivity index (χ2v) is 4.73. The molecule has 1 heterocycles. The Labute approximate surface area is 122 Å². The normalized spacial score (nSPS) is 10.5. The van der Waals surface area contributed by atoms with Crippen LogP contribution in [0.15, 0.2) is 52.9 Å². The van der Waals surface area contributed by atoms with Gasteiger partial charge in [0.05, 0.1) is 0 Å². The first-order valence-corrected chi connectivity index (χ1v) is 6.58. The predicted octanol–water partition coefficient (Wildman–Crippen LogP) is 3.21. The van der Waals surface area contributed by atoms with Crippen LogP contribution in [0.2, 0.25) is 0 Å². The molecule has 0 amide bonds. The van der Waals surface area contributed by atoms with E-state index in [0.717, 1.165) is 5.56 Å². The van der Waals surface area contributed by atoms with Crippen molar-refractivity contribution >= 4 is 5.69 Å². The van der Waals surface area contributed by atoms with Crippen molar-refractivity contribution in [1.29, 1.82) is 0 Å². The van der Waals surface area contributed by atoms with Crippen molar-refractivity contribution in [3.05, 3.63) is 60.0 Å². The van der Waals surface area contributed by atoms with E-state index in [2.05, 4.69) is 10.2 Å². The number of ether oxygens (including phenoxy) is 1. The number of benzene rings is 2. The summed E-state index contributed by atoms with van der Waals surface area (Å²) in [5, 5.41) is 8.00. The number of nitrogen functional groups attached to an aromatic ring is 1. The number of aromatic nitrogens is 2. The van der Waals surface area contributed by atoms with Crippen molar-refractivity contribution < 1.29 is 9.15 Å². The molecule has 1 aromatic heterocycles. The van der Waals surface area contributed by atoms with Crippen LogP contribution in [0, 0.1) is 6.92 Å². The highest BCUT2D eigenvalue weighted by Crippen LogP contribution is 2.20. The minimum atomic E-state index is 0.211. The summed E-state index contributed by atoms with van der Waals surface area (Å²) in [5.41, 5.74) is 8.42. The third-order valence-electron chi connectivity index (χ3n) is 2.99. The number of nitrogens with zero attached hydrogens (tertiary/aromatic N) is 2. The number of hydrogen-bond donors (Lipinski definition) is 1. The summed E-state index contributed by atoms with van der Waals surface area (Å²) in [4.78, 5) is 0. The van der Waals surface area contributed by atoms with Crippen LogP contribution < -0.4 is 10.5 Å². The van der Waals surface area contributed by atoms with Crippen LogP contribution in [0.3, 0.4) is 0 Å². The molecule has 0 radical (unpaired) electrons. The second kappa shape index (κ2) is 5.66. The van der Waals surface area contributed by atoms with Gasteiger partial charge in [0.2, 0.25) is 5.89 Å². The molecule has 0 aliphatic carbocycles. The average Bonchev–Trinajstić information content (AvgIpc) is 2.95. The first-order chi connectivity index (χ1) is 10.2. The van der Waals surface area contributed by atoms with Gasteiger partial charge in [-0.2, -0.15) is 0 Å². The molecule has 21 heavy (non-hydrogen) atoms. The fourth-order valence-electron chi connectivity index (χ4n) is 1.87. The molecule has 106 valence electrons. The van der Waals surface area contributed by atoms with Gasteiger partial charge in [0, 0.05) is 17.3 Å². The van der Waals surface area contributed by atoms with E-state index in [1.807, 2.05) is 43.3 Å². The van der Waals surface area contributed by atoms with Crippen LogP contribution in [0.5, 0.6) is 5.75 Å². The molecule has 0 saturated heterocycles. The Morgan fingerprint density at radius 3 is 2.67 bits per heavy atom. The Kier molecular flexibility index (Phi) is 3.55. The summed E-state index contributed by atoms with van der Waals surface area (Å²) in [5.74, 6) is 1.58. The van der Waals surface area contributed by atoms with Crippen LogP contribution >= 0.6 is 0 Å². The molecule has 0 bridgehead atoms. The molecule has 0 aliphatic heterocycles. The molecule has 0 atom stereocenters. The molecule has 0 fully saturated rings. The zero-order valence-corrected chi connectivity index (χ0v) is 11.6. The lowest BCUT2D eigenvalue weighted by atomic mass is 10.1. The van der Waals surface area contributed by atoms with Gasteiger partial charge < -0.3 is 14.9 Å². The van der Waals surface area contributed by atoms with Gasteiger partial charge in [-0.3, -0.25) is 0 Å². The molecule has 0 unspecified atom stereocenters. The summed E-state index contributed by atoms with van der Waals surface area (Å²) >= 11 is 0. The first-order valence-electron chi connectivity index (χ1n) is 6.58. The van der Waals surface area contributed by atoms with Crippen molar-refractivity contribution in [1.82, 2.24) is 10.2 Å². The van der Waals surface area contributed by atoms with E-state index >= 15 is 0 Å². The van der Waals surface area contributed by atoms with E-state index in [1.165, 1.54) is 5.56 Å². The monoisotopic (exact) mass is 281 g/mol. The summed E-state index contributed by atoms with van der Waals surface area (Å²) in [6, 6.07) is 15.1. The topological polar surface area (TPSA) is 74.2 Å². The lowest BCUT2D eigenvalue weighted by molar-refractivity contribution is 0.264. The van der Waals surface area contributed by atoms with Gasteiger partial charge in [0.1, 0.15) is 5.75 Å². The summed E-state index contributed by atoms with van der Waals surface area (Å²) < 4.78 is 11.1. The van der Waals surface area contributed by atoms with Crippen LogP contribution in [-0.2, 0) is 6.61 Å². The molecule has 0 spiro atoms. The zero-order valence-electron chi connectivity index (χ0n) is 11.6. The van der Waals surface area contributed by atoms with Crippen molar-refractivity contribution in [3.63, 3.8) is 0 Å². The Bertz CT molecular complexity index is 735. The van der Waals surface area contributed by atoms with Gasteiger partial charge in [0.25, 0.3) is 5.89 Å². The van der Waals surface area contributed by atoms with E-state index in [1.54, 1.807) is 12.1 Å². The number of hydrogen-bond acceptors (Lipinski definition) is 5. The quantitative estimate of drug-likeness (QED) is 0.743. The highest BCUT2D eigenvalue weighted by atomic mass is 16.5. The molecular formula is C16H15N3O2. The molecule has 2 N–H and O–H groups in total. The zero-order chi connectivity index (χ0) is 14.7. The standard InChI is InChI=1S/C16H15N3O2/c1-11-5-7-12(8-6-11)16-19-18-15(21-16)10-20-14-4-2-3-13(17)9-14/h2-9H,10,17H2,1H3. The Balaban J connectivity index is 1.69. The van der Waals surface area contributed by atoms with Crippen molar-refractivity contribution in [2.45, 2.75) is 13.5 Å². The molecule has 0 saturated carbocycles.